The van der Waals surface area contributed by atoms with E-state index in [9.17, 15) is 14.4 Å². The summed E-state index contributed by atoms with van der Waals surface area (Å²) in [5.41, 5.74) is 0. The average molecular weight is 972 g/mol. The molecule has 0 fully saturated rings. The Morgan fingerprint density at radius 1 is 0.306 bits per heavy atom. The number of hydrogen-bond donors (Lipinski definition) is 0. The molecule has 0 heterocycles. The number of carbonyl (C=O) groups is 3. The van der Waals surface area contributed by atoms with Gasteiger partial charge in [0.25, 0.3) is 0 Å². The summed E-state index contributed by atoms with van der Waals surface area (Å²) in [4.78, 5) is 40.5. The van der Waals surface area contributed by atoms with Crippen LogP contribution in [0.15, 0.2) is 72.9 Å². The second-order valence-electron chi connectivity index (χ2n) is 17.2. The Hall–Kier alpha value is -2.35. The average Bonchev–Trinajstić information content (AvgIpc) is 3.24. The van der Waals surface area contributed by atoms with Crippen molar-refractivity contribution in [2.24, 2.45) is 0 Å². The Bertz CT molecular complexity index is 1070. The van der Waals surface area contributed by atoms with E-state index in [2.05, 4.69) is 93.7 Å². The van der Waals surface area contributed by atoms with E-state index in [1.165, 1.54) is 77.0 Å². The molecule has 0 saturated heterocycles. The zero-order valence-electron chi connectivity index (χ0n) is 40.8. The molecule has 0 aliphatic heterocycles. The Morgan fingerprint density at radius 3 is 0.758 bits per heavy atom. The quantitative estimate of drug-likeness (QED) is 0.0344. The fourth-order valence-electron chi connectivity index (χ4n) is 7.08. The number of rotatable bonds is 45. The predicted molar refractivity (Wildman–Crippen MR) is 268 cm³/mol. The van der Waals surface area contributed by atoms with Crippen LogP contribution in [0.1, 0.15) is 252 Å². The summed E-state index contributed by atoms with van der Waals surface area (Å²) in [5.74, 6) is -1.28. The maximum absolute atomic E-state index is 13.0. The first-order valence-electron chi connectivity index (χ1n) is 25.9. The van der Waals surface area contributed by atoms with Gasteiger partial charge in [-0.3, -0.25) is 0 Å². The van der Waals surface area contributed by atoms with E-state index in [0.717, 1.165) is 116 Å². The topological polar surface area (TPSA) is 78.9 Å². The van der Waals surface area contributed by atoms with Crippen LogP contribution in [0.2, 0.25) is 4.94 Å². The van der Waals surface area contributed by atoms with Gasteiger partial charge in [-0.2, -0.15) is 0 Å². The van der Waals surface area contributed by atoms with Crippen molar-refractivity contribution in [3.05, 3.63) is 72.9 Å². The summed E-state index contributed by atoms with van der Waals surface area (Å²) in [6.45, 7) is 6.71. The molecule has 6 nitrogen and oxygen atoms in total. The van der Waals surface area contributed by atoms with Gasteiger partial charge < -0.3 is 0 Å². The summed E-state index contributed by atoms with van der Waals surface area (Å²) in [6, 6.07) is 0. The fourth-order valence-corrected chi connectivity index (χ4v) is 11.8. The van der Waals surface area contributed by atoms with E-state index < -0.39 is 37.5 Å². The third kappa shape index (κ3) is 45.7. The fraction of sp³-hybridized carbons (Fsp3) is 0.727. The van der Waals surface area contributed by atoms with Crippen molar-refractivity contribution in [3.63, 3.8) is 0 Å². The van der Waals surface area contributed by atoms with E-state index in [1.54, 1.807) is 4.94 Å². The zero-order chi connectivity index (χ0) is 45.3. The first kappa shape index (κ1) is 59.6. The van der Waals surface area contributed by atoms with Crippen LogP contribution in [0.25, 0.3) is 0 Å². The van der Waals surface area contributed by atoms with Gasteiger partial charge in [0.1, 0.15) is 0 Å². The number of hydrogen-bond acceptors (Lipinski definition) is 6. The van der Waals surface area contributed by atoms with Gasteiger partial charge in [-0.15, -0.1) is 0 Å². The van der Waals surface area contributed by atoms with Crippen molar-refractivity contribution in [1.82, 2.24) is 0 Å². The minimum absolute atomic E-state index is 0.238. The van der Waals surface area contributed by atoms with Gasteiger partial charge in [0.05, 0.1) is 0 Å². The van der Waals surface area contributed by atoms with Crippen molar-refractivity contribution in [3.8, 4) is 0 Å². The molecule has 0 aliphatic rings. The van der Waals surface area contributed by atoms with Crippen LogP contribution >= 0.6 is 0 Å². The molecule has 0 N–H and O–H groups in total. The van der Waals surface area contributed by atoms with Gasteiger partial charge >= 0.3 is 257 Å². The van der Waals surface area contributed by atoms with E-state index in [1.807, 2.05) is 0 Å². The maximum atomic E-state index is 13.0. The van der Waals surface area contributed by atoms with Gasteiger partial charge in [0.15, 0.2) is 0 Å². The molecule has 62 heavy (non-hydrogen) atoms. The van der Waals surface area contributed by atoms with E-state index >= 15 is 0 Å². The molecule has 0 bridgehead atoms. The molecule has 0 spiro atoms. The number of allylic oxidation sites excluding steroid dienone is 12. The normalized spacial score (nSPS) is 12.4. The second kappa shape index (κ2) is 48.1. The van der Waals surface area contributed by atoms with Crippen LogP contribution in [0.5, 0.6) is 0 Å². The molecule has 0 amide bonds. The van der Waals surface area contributed by atoms with Crippen molar-refractivity contribution >= 4 is 37.5 Å². The number of unbranched alkanes of at least 4 members (excludes halogenated alkanes) is 24. The Morgan fingerprint density at radius 2 is 0.516 bits per heavy atom. The Labute approximate surface area is 388 Å². The molecule has 0 unspecified atom stereocenters. The molecule has 0 atom stereocenters. The van der Waals surface area contributed by atoms with E-state index in [-0.39, 0.29) is 19.3 Å². The SMILES string of the molecule is CCCCC/C=C\C/C=C\CCCCCCCC(=O)[O][Sn]([CH3])([O]C(=O)CCCCCCC/C=C\C/C=C\CCCCC)[O]C(=O)CCCCCCC/C=C\C/C=C\CCCCC. The van der Waals surface area contributed by atoms with Crippen LogP contribution in [0.4, 0.5) is 0 Å². The first-order chi connectivity index (χ1) is 30.4. The van der Waals surface area contributed by atoms with Crippen molar-refractivity contribution in [1.29, 1.82) is 0 Å². The van der Waals surface area contributed by atoms with Crippen molar-refractivity contribution in [2.45, 2.75) is 257 Å². The zero-order valence-corrected chi connectivity index (χ0v) is 43.7. The molecule has 0 aliphatic carbocycles. The van der Waals surface area contributed by atoms with Gasteiger partial charge in [-0.1, -0.05) is 95.8 Å². The molecular weight excluding hydrogens is 875 g/mol. The van der Waals surface area contributed by atoms with Crippen molar-refractivity contribution < 1.29 is 23.6 Å². The number of carbonyl (C=O) groups excluding carboxylic acids is 3. The monoisotopic (exact) mass is 973 g/mol. The molecule has 0 saturated carbocycles. The summed E-state index contributed by atoms with van der Waals surface area (Å²) >= 11 is -4.77. The smallest absolute Gasteiger partial charge is 0.0882 e. The molecule has 0 aromatic heterocycles. The molecule has 0 aromatic rings. The van der Waals surface area contributed by atoms with E-state index in [4.69, 9.17) is 9.22 Å². The third-order valence-electron chi connectivity index (χ3n) is 10.9. The minimum atomic E-state index is -4.77. The molecule has 7 heteroatoms. The molecule has 0 rings (SSSR count). The summed E-state index contributed by atoms with van der Waals surface area (Å²) in [5, 5.41) is 0. The van der Waals surface area contributed by atoms with Crippen LogP contribution in [0, 0.1) is 0 Å². The van der Waals surface area contributed by atoms with E-state index in [0.29, 0.717) is 19.3 Å². The molecule has 356 valence electrons. The standard InChI is InChI=1S/3C18H32O2.CH3.Sn/c3*1-2-3-4-5-6-7-8-9-10-11-12-13-14-15-16-17-18(19)20;;/h3*6-7,9-10H,2-5,8,11-17H2,1H3,(H,19,20);1H3;/q;;;;+3/p-3/b3*7-6-,10-9-;;. The summed E-state index contributed by atoms with van der Waals surface area (Å²) in [7, 11) is 0. The predicted octanol–water partition coefficient (Wildman–Crippen LogP) is 17.6. The van der Waals surface area contributed by atoms with Gasteiger partial charge in [-0.25, -0.2) is 0 Å². The summed E-state index contributed by atoms with van der Waals surface area (Å²) < 4.78 is 17.4. The molecule has 0 aromatic carbocycles. The second-order valence-corrected chi connectivity index (χ2v) is 23.9. The molecular formula is C55H96O6Sn. The van der Waals surface area contributed by atoms with Gasteiger partial charge in [-0.05, 0) is 38.5 Å². The van der Waals surface area contributed by atoms with Gasteiger partial charge in [0, 0.05) is 0 Å². The third-order valence-corrected chi connectivity index (χ3v) is 16.0. The first-order valence-corrected chi connectivity index (χ1v) is 32.3. The van der Waals surface area contributed by atoms with Crippen LogP contribution in [0.3, 0.4) is 0 Å². The molecule has 0 radical (unpaired) electrons. The summed E-state index contributed by atoms with van der Waals surface area (Å²) in [6.07, 6.45) is 64.3. The Kier molecular flexibility index (Phi) is 46.3. The van der Waals surface area contributed by atoms with Crippen LogP contribution in [-0.2, 0) is 23.6 Å². The van der Waals surface area contributed by atoms with Crippen LogP contribution in [-0.4, -0.2) is 37.5 Å². The van der Waals surface area contributed by atoms with Crippen LogP contribution < -0.4 is 0 Å². The minimum Gasteiger partial charge on any atom is -0.0882 e. The Balaban J connectivity index is 4.63. The van der Waals surface area contributed by atoms with Crippen molar-refractivity contribution in [2.75, 3.05) is 0 Å². The van der Waals surface area contributed by atoms with Gasteiger partial charge in [0.2, 0.25) is 0 Å².